The minimum atomic E-state index is -0.0952. The molecule has 1 N–H and O–H groups in total. The molecule has 21 heavy (non-hydrogen) atoms. The van der Waals surface area contributed by atoms with Gasteiger partial charge in [-0.2, -0.15) is 4.80 Å². The molecule has 0 aliphatic carbocycles. The predicted octanol–water partition coefficient (Wildman–Crippen LogP) is 2.41. The second kappa shape index (κ2) is 7.87. The molecule has 0 fully saturated rings. The van der Waals surface area contributed by atoms with E-state index in [9.17, 15) is 4.79 Å². The lowest BCUT2D eigenvalue weighted by molar-refractivity contribution is -0.122. The third-order valence-electron chi connectivity index (χ3n) is 2.96. The van der Waals surface area contributed by atoms with Gasteiger partial charge in [0.2, 0.25) is 11.7 Å². The number of nitrogens with zero attached hydrogens (tertiary/aromatic N) is 4. The zero-order valence-electron chi connectivity index (χ0n) is 11.9. The Hall–Kier alpha value is -1.76. The third kappa shape index (κ3) is 4.63. The van der Waals surface area contributed by atoms with E-state index in [4.69, 9.17) is 0 Å². The Bertz CT molecular complexity index is 599. The van der Waals surface area contributed by atoms with Crippen molar-refractivity contribution in [2.45, 2.75) is 32.7 Å². The van der Waals surface area contributed by atoms with E-state index in [2.05, 4.69) is 43.6 Å². The van der Waals surface area contributed by atoms with Gasteiger partial charge in [-0.05, 0) is 23.8 Å². The first-order chi connectivity index (χ1) is 10.2. The smallest absolute Gasteiger partial charge is 0.243 e. The Kier molecular flexibility index (Phi) is 5.86. The third-order valence-corrected chi connectivity index (χ3v) is 3.65. The highest BCUT2D eigenvalue weighted by atomic mass is 79.9. The maximum atomic E-state index is 11.7. The molecule has 2 rings (SSSR count). The molecule has 0 saturated carbocycles. The number of nitrogens with one attached hydrogen (secondary N) is 1. The molecule has 0 aliphatic heterocycles. The monoisotopic (exact) mass is 351 g/mol. The lowest BCUT2D eigenvalue weighted by Gasteiger charge is -2.03. The second-order valence-corrected chi connectivity index (χ2v) is 5.53. The van der Waals surface area contributed by atoms with Gasteiger partial charge >= 0.3 is 0 Å². The molecule has 0 bridgehead atoms. The lowest BCUT2D eigenvalue weighted by Crippen LogP contribution is -2.29. The fourth-order valence-corrected chi connectivity index (χ4v) is 2.31. The summed E-state index contributed by atoms with van der Waals surface area (Å²) < 4.78 is 0.897. The highest BCUT2D eigenvalue weighted by molar-refractivity contribution is 9.10. The van der Waals surface area contributed by atoms with E-state index in [1.54, 1.807) is 0 Å². The first-order valence-electron chi connectivity index (χ1n) is 7.00. The summed E-state index contributed by atoms with van der Waals surface area (Å²) in [7, 11) is 0. The van der Waals surface area contributed by atoms with Gasteiger partial charge in [-0.15, -0.1) is 10.2 Å². The van der Waals surface area contributed by atoms with Crippen LogP contribution in [-0.4, -0.2) is 32.7 Å². The molecule has 0 atom stereocenters. The van der Waals surface area contributed by atoms with Crippen LogP contribution in [-0.2, 0) is 11.3 Å². The van der Waals surface area contributed by atoms with Crippen LogP contribution in [0.4, 0.5) is 0 Å². The summed E-state index contributed by atoms with van der Waals surface area (Å²) in [6, 6.07) is 7.63. The molecule has 0 aliphatic rings. The Morgan fingerprint density at radius 1 is 1.33 bits per heavy atom. The van der Waals surface area contributed by atoms with Crippen molar-refractivity contribution in [3.8, 4) is 11.4 Å². The normalized spacial score (nSPS) is 10.6. The number of unbranched alkanes of at least 4 members (excludes halogenated alkanes) is 2. The quantitative estimate of drug-likeness (QED) is 0.777. The number of carbonyl (C=O) groups is 1. The minimum Gasteiger partial charge on any atom is -0.354 e. The SMILES string of the molecule is CCCCCNC(=O)Cn1nnc(-c2ccccc2Br)n1. The van der Waals surface area contributed by atoms with E-state index >= 15 is 0 Å². The van der Waals surface area contributed by atoms with Gasteiger partial charge in [0.25, 0.3) is 0 Å². The molecule has 0 spiro atoms. The van der Waals surface area contributed by atoms with Crippen molar-refractivity contribution >= 4 is 21.8 Å². The van der Waals surface area contributed by atoms with E-state index in [1.807, 2.05) is 24.3 Å². The summed E-state index contributed by atoms with van der Waals surface area (Å²) in [5.41, 5.74) is 0.854. The molecule has 1 aromatic heterocycles. The minimum absolute atomic E-state index is 0.0869. The summed E-state index contributed by atoms with van der Waals surface area (Å²) in [5, 5.41) is 15.0. The number of benzene rings is 1. The molecule has 2 aromatic rings. The zero-order chi connectivity index (χ0) is 15.1. The van der Waals surface area contributed by atoms with Crippen LogP contribution in [0.3, 0.4) is 0 Å². The molecule has 112 valence electrons. The summed E-state index contributed by atoms with van der Waals surface area (Å²) in [6.45, 7) is 2.91. The first-order valence-corrected chi connectivity index (χ1v) is 7.79. The fraction of sp³-hybridized carbons (Fsp3) is 0.429. The van der Waals surface area contributed by atoms with Gasteiger partial charge in [0.15, 0.2) is 0 Å². The van der Waals surface area contributed by atoms with Crippen LogP contribution in [0.25, 0.3) is 11.4 Å². The molecule has 6 nitrogen and oxygen atoms in total. The van der Waals surface area contributed by atoms with Crippen LogP contribution < -0.4 is 5.32 Å². The van der Waals surface area contributed by atoms with E-state index in [-0.39, 0.29) is 12.5 Å². The van der Waals surface area contributed by atoms with Crippen molar-refractivity contribution in [3.05, 3.63) is 28.7 Å². The van der Waals surface area contributed by atoms with Gasteiger partial charge in [-0.25, -0.2) is 0 Å². The van der Waals surface area contributed by atoms with Crippen molar-refractivity contribution in [2.75, 3.05) is 6.54 Å². The van der Waals surface area contributed by atoms with Gasteiger partial charge in [0.1, 0.15) is 6.54 Å². The van der Waals surface area contributed by atoms with Crippen LogP contribution in [0.1, 0.15) is 26.2 Å². The van der Waals surface area contributed by atoms with Crippen molar-refractivity contribution < 1.29 is 4.79 Å². The maximum Gasteiger partial charge on any atom is 0.243 e. The van der Waals surface area contributed by atoms with Gasteiger partial charge in [0.05, 0.1) is 0 Å². The first kappa shape index (κ1) is 15.6. The number of aromatic nitrogens is 4. The average molecular weight is 352 g/mol. The number of tetrazole rings is 1. The van der Waals surface area contributed by atoms with E-state index in [0.717, 1.165) is 29.3 Å². The van der Waals surface area contributed by atoms with Crippen molar-refractivity contribution in [1.29, 1.82) is 0 Å². The largest absolute Gasteiger partial charge is 0.354 e. The number of rotatable bonds is 7. The Labute approximate surface area is 132 Å². The highest BCUT2D eigenvalue weighted by Gasteiger charge is 2.10. The summed E-state index contributed by atoms with van der Waals surface area (Å²) in [4.78, 5) is 13.0. The lowest BCUT2D eigenvalue weighted by atomic mass is 10.2. The van der Waals surface area contributed by atoms with Crippen molar-refractivity contribution in [1.82, 2.24) is 25.5 Å². The molecule has 0 unspecified atom stereocenters. The maximum absolute atomic E-state index is 11.7. The topological polar surface area (TPSA) is 72.7 Å². The fourth-order valence-electron chi connectivity index (χ4n) is 1.85. The summed E-state index contributed by atoms with van der Waals surface area (Å²) in [6.07, 6.45) is 3.25. The van der Waals surface area contributed by atoms with Crippen molar-refractivity contribution in [2.24, 2.45) is 0 Å². The zero-order valence-corrected chi connectivity index (χ0v) is 13.5. The van der Waals surface area contributed by atoms with Crippen LogP contribution >= 0.6 is 15.9 Å². The predicted molar refractivity (Wildman–Crippen MR) is 83.5 cm³/mol. The molecule has 0 radical (unpaired) electrons. The molecule has 1 heterocycles. The molecule has 1 aromatic carbocycles. The highest BCUT2D eigenvalue weighted by Crippen LogP contribution is 2.23. The van der Waals surface area contributed by atoms with Gasteiger partial charge < -0.3 is 5.32 Å². The molecule has 1 amide bonds. The Balaban J connectivity index is 1.91. The second-order valence-electron chi connectivity index (χ2n) is 4.68. The Morgan fingerprint density at radius 2 is 2.14 bits per heavy atom. The standard InChI is InChI=1S/C14H18BrN5O/c1-2-3-6-9-16-13(21)10-20-18-14(17-19-20)11-7-4-5-8-12(11)15/h4-5,7-8H,2-3,6,9-10H2,1H3,(H,16,21). The van der Waals surface area contributed by atoms with E-state index in [0.29, 0.717) is 12.4 Å². The van der Waals surface area contributed by atoms with Gasteiger partial charge in [-0.1, -0.05) is 47.8 Å². The van der Waals surface area contributed by atoms with Crippen LogP contribution in [0.15, 0.2) is 28.7 Å². The summed E-state index contributed by atoms with van der Waals surface area (Å²) >= 11 is 3.45. The molecule has 7 heteroatoms. The molecular weight excluding hydrogens is 334 g/mol. The number of amides is 1. The molecular formula is C14H18BrN5O. The van der Waals surface area contributed by atoms with Crippen molar-refractivity contribution in [3.63, 3.8) is 0 Å². The van der Waals surface area contributed by atoms with Crippen LogP contribution in [0.5, 0.6) is 0 Å². The van der Waals surface area contributed by atoms with E-state index in [1.165, 1.54) is 4.80 Å². The number of halogens is 1. The van der Waals surface area contributed by atoms with Gasteiger partial charge in [0, 0.05) is 16.6 Å². The van der Waals surface area contributed by atoms with Gasteiger partial charge in [-0.3, -0.25) is 4.79 Å². The average Bonchev–Trinajstić information content (AvgIpc) is 2.92. The number of carbonyl (C=O) groups excluding carboxylic acids is 1. The van der Waals surface area contributed by atoms with Crippen LogP contribution in [0.2, 0.25) is 0 Å². The molecule has 0 saturated heterocycles. The number of hydrogen-bond acceptors (Lipinski definition) is 4. The summed E-state index contributed by atoms with van der Waals surface area (Å²) in [5.74, 6) is 0.406. The number of hydrogen-bond donors (Lipinski definition) is 1. The van der Waals surface area contributed by atoms with Crippen LogP contribution in [0, 0.1) is 0 Å². The van der Waals surface area contributed by atoms with E-state index < -0.39 is 0 Å². The Morgan fingerprint density at radius 3 is 2.90 bits per heavy atom.